The number of hydrazone groups is 1. The van der Waals surface area contributed by atoms with Crippen LogP contribution in [0.5, 0.6) is 0 Å². The summed E-state index contributed by atoms with van der Waals surface area (Å²) in [5, 5.41) is 15.1. The molecule has 0 aliphatic carbocycles. The first kappa shape index (κ1) is 14.7. The smallest absolute Gasteiger partial charge is 0.267 e. The summed E-state index contributed by atoms with van der Waals surface area (Å²) in [6.07, 6.45) is 1.37. The SMILES string of the molecule is O=C(NN=Cc1ccccc1Cl)c1ccccc1[N+](=O)[O-]. The van der Waals surface area contributed by atoms with Gasteiger partial charge in [0.2, 0.25) is 0 Å². The van der Waals surface area contributed by atoms with E-state index < -0.39 is 10.8 Å². The van der Waals surface area contributed by atoms with Gasteiger partial charge in [-0.05, 0) is 12.1 Å². The molecular formula is C14H10ClN3O3. The highest BCUT2D eigenvalue weighted by atomic mass is 35.5. The molecule has 0 fully saturated rings. The molecule has 0 saturated heterocycles. The van der Waals surface area contributed by atoms with Crippen molar-refractivity contribution in [1.82, 2.24) is 5.43 Å². The van der Waals surface area contributed by atoms with Crippen molar-refractivity contribution in [1.29, 1.82) is 0 Å². The van der Waals surface area contributed by atoms with Gasteiger partial charge in [0.05, 0.1) is 11.1 Å². The molecule has 0 bridgehead atoms. The lowest BCUT2D eigenvalue weighted by Crippen LogP contribution is -2.18. The maximum atomic E-state index is 11.9. The minimum Gasteiger partial charge on any atom is -0.267 e. The number of nitro benzene ring substituents is 1. The fourth-order valence-corrected chi connectivity index (χ4v) is 1.81. The Morgan fingerprint density at radius 1 is 1.19 bits per heavy atom. The summed E-state index contributed by atoms with van der Waals surface area (Å²) in [6.45, 7) is 0. The van der Waals surface area contributed by atoms with Crippen molar-refractivity contribution in [3.8, 4) is 0 Å². The van der Waals surface area contributed by atoms with Gasteiger partial charge in [0.15, 0.2) is 0 Å². The number of nitrogens with one attached hydrogen (secondary N) is 1. The molecule has 0 spiro atoms. The van der Waals surface area contributed by atoms with E-state index in [0.717, 1.165) is 0 Å². The lowest BCUT2D eigenvalue weighted by atomic mass is 10.2. The summed E-state index contributed by atoms with van der Waals surface area (Å²) >= 11 is 5.93. The Morgan fingerprint density at radius 2 is 1.86 bits per heavy atom. The molecule has 2 rings (SSSR count). The number of hydrogen-bond donors (Lipinski definition) is 1. The van der Waals surface area contributed by atoms with Crippen molar-refractivity contribution in [2.24, 2.45) is 5.10 Å². The molecule has 0 aliphatic rings. The number of amides is 1. The van der Waals surface area contributed by atoms with Crippen molar-refractivity contribution in [3.05, 3.63) is 74.8 Å². The Bertz CT molecular complexity index is 716. The predicted octanol–water partition coefficient (Wildman–Crippen LogP) is 3.01. The van der Waals surface area contributed by atoms with Crippen LogP contribution in [0.1, 0.15) is 15.9 Å². The van der Waals surface area contributed by atoms with Crippen LogP contribution in [0.2, 0.25) is 5.02 Å². The van der Waals surface area contributed by atoms with Gasteiger partial charge in [-0.3, -0.25) is 14.9 Å². The third-order valence-corrected chi connectivity index (χ3v) is 2.96. The fraction of sp³-hybridized carbons (Fsp3) is 0. The Kier molecular flexibility index (Phi) is 4.63. The highest BCUT2D eigenvalue weighted by Gasteiger charge is 2.18. The second-order valence-corrected chi connectivity index (χ2v) is 4.40. The number of hydrogen-bond acceptors (Lipinski definition) is 4. The molecule has 0 radical (unpaired) electrons. The molecule has 2 aromatic rings. The van der Waals surface area contributed by atoms with Crippen molar-refractivity contribution in [3.63, 3.8) is 0 Å². The number of para-hydroxylation sites is 1. The third kappa shape index (κ3) is 3.64. The number of nitrogens with zero attached hydrogens (tertiary/aromatic N) is 2. The molecule has 0 unspecified atom stereocenters. The van der Waals surface area contributed by atoms with Crippen LogP contribution in [-0.2, 0) is 0 Å². The molecule has 0 atom stereocenters. The number of halogens is 1. The van der Waals surface area contributed by atoms with E-state index in [1.54, 1.807) is 30.3 Å². The zero-order valence-electron chi connectivity index (χ0n) is 10.7. The van der Waals surface area contributed by atoms with Crippen LogP contribution in [0, 0.1) is 10.1 Å². The molecule has 0 saturated carbocycles. The predicted molar refractivity (Wildman–Crippen MR) is 79.6 cm³/mol. The van der Waals surface area contributed by atoms with E-state index >= 15 is 0 Å². The van der Waals surface area contributed by atoms with Gasteiger partial charge in [-0.2, -0.15) is 5.10 Å². The van der Waals surface area contributed by atoms with Gasteiger partial charge >= 0.3 is 0 Å². The van der Waals surface area contributed by atoms with Crippen LogP contribution in [0.4, 0.5) is 5.69 Å². The van der Waals surface area contributed by atoms with Crippen LogP contribution in [0.25, 0.3) is 0 Å². The largest absolute Gasteiger partial charge is 0.282 e. The number of rotatable bonds is 4. The highest BCUT2D eigenvalue weighted by molar-refractivity contribution is 6.33. The van der Waals surface area contributed by atoms with Gasteiger partial charge in [0.1, 0.15) is 5.56 Å². The molecular weight excluding hydrogens is 294 g/mol. The van der Waals surface area contributed by atoms with Gasteiger partial charge in [-0.1, -0.05) is 41.9 Å². The van der Waals surface area contributed by atoms with Crippen LogP contribution in [0.15, 0.2) is 53.6 Å². The van der Waals surface area contributed by atoms with Crippen molar-refractivity contribution >= 4 is 29.4 Å². The second kappa shape index (κ2) is 6.62. The maximum Gasteiger partial charge on any atom is 0.282 e. The lowest BCUT2D eigenvalue weighted by Gasteiger charge is -2.01. The van der Waals surface area contributed by atoms with Gasteiger partial charge in [-0.25, -0.2) is 5.43 Å². The molecule has 0 aromatic heterocycles. The van der Waals surface area contributed by atoms with E-state index in [0.29, 0.717) is 10.6 Å². The van der Waals surface area contributed by atoms with E-state index in [1.807, 2.05) is 0 Å². The number of carbonyl (C=O) groups is 1. The van der Waals surface area contributed by atoms with Crippen molar-refractivity contribution in [2.75, 3.05) is 0 Å². The second-order valence-electron chi connectivity index (χ2n) is 3.99. The first-order valence-electron chi connectivity index (χ1n) is 5.91. The summed E-state index contributed by atoms with van der Waals surface area (Å²) in [6, 6.07) is 12.6. The molecule has 2 aromatic carbocycles. The van der Waals surface area contributed by atoms with Gasteiger partial charge in [0, 0.05) is 16.7 Å². The molecule has 1 amide bonds. The summed E-state index contributed by atoms with van der Waals surface area (Å²) in [4.78, 5) is 22.1. The van der Waals surface area contributed by atoms with Gasteiger partial charge in [-0.15, -0.1) is 0 Å². The first-order chi connectivity index (χ1) is 10.1. The topological polar surface area (TPSA) is 84.6 Å². The number of carbonyl (C=O) groups excluding carboxylic acids is 1. The van der Waals surface area contributed by atoms with Crippen LogP contribution >= 0.6 is 11.6 Å². The monoisotopic (exact) mass is 303 g/mol. The van der Waals surface area contributed by atoms with E-state index in [2.05, 4.69) is 10.5 Å². The van der Waals surface area contributed by atoms with Crippen LogP contribution in [0.3, 0.4) is 0 Å². The van der Waals surface area contributed by atoms with E-state index in [9.17, 15) is 14.9 Å². The molecule has 106 valence electrons. The fourth-order valence-electron chi connectivity index (χ4n) is 1.63. The van der Waals surface area contributed by atoms with Gasteiger partial charge < -0.3 is 0 Å². The number of benzene rings is 2. The van der Waals surface area contributed by atoms with Crippen molar-refractivity contribution < 1.29 is 9.72 Å². The molecule has 1 N–H and O–H groups in total. The minimum absolute atomic E-state index is 0.0567. The van der Waals surface area contributed by atoms with Gasteiger partial charge in [0.25, 0.3) is 11.6 Å². The molecule has 0 heterocycles. The summed E-state index contributed by atoms with van der Waals surface area (Å²) < 4.78 is 0. The molecule has 6 nitrogen and oxygen atoms in total. The average Bonchev–Trinajstić information content (AvgIpc) is 2.49. The van der Waals surface area contributed by atoms with Crippen LogP contribution in [-0.4, -0.2) is 17.0 Å². The highest BCUT2D eigenvalue weighted by Crippen LogP contribution is 2.17. The standard InChI is InChI=1S/C14H10ClN3O3/c15-12-7-3-1-5-10(12)9-16-17-14(19)11-6-2-4-8-13(11)18(20)21/h1-9H,(H,17,19). The number of nitro groups is 1. The molecule has 7 heteroatoms. The minimum atomic E-state index is -0.661. The summed E-state index contributed by atoms with van der Waals surface area (Å²) in [5.74, 6) is -0.661. The Hall–Kier alpha value is -2.73. The van der Waals surface area contributed by atoms with E-state index in [-0.39, 0.29) is 11.3 Å². The lowest BCUT2D eigenvalue weighted by molar-refractivity contribution is -0.385. The zero-order valence-corrected chi connectivity index (χ0v) is 11.4. The third-order valence-electron chi connectivity index (χ3n) is 2.62. The first-order valence-corrected chi connectivity index (χ1v) is 6.29. The van der Waals surface area contributed by atoms with E-state index in [1.165, 1.54) is 24.4 Å². The van der Waals surface area contributed by atoms with E-state index in [4.69, 9.17) is 11.6 Å². The quantitative estimate of drug-likeness (QED) is 0.535. The maximum absolute atomic E-state index is 11.9. The molecule has 21 heavy (non-hydrogen) atoms. The Morgan fingerprint density at radius 3 is 2.57 bits per heavy atom. The summed E-state index contributed by atoms with van der Waals surface area (Å²) in [7, 11) is 0. The Labute approximate surface area is 125 Å². The van der Waals surface area contributed by atoms with Crippen LogP contribution < -0.4 is 5.43 Å². The average molecular weight is 304 g/mol. The Balaban J connectivity index is 2.13. The normalized spacial score (nSPS) is 10.5. The zero-order chi connectivity index (χ0) is 15.2. The summed E-state index contributed by atoms with van der Waals surface area (Å²) in [5.41, 5.74) is 2.53. The molecule has 0 aliphatic heterocycles. The van der Waals surface area contributed by atoms with Crippen molar-refractivity contribution in [2.45, 2.75) is 0 Å².